The van der Waals surface area contributed by atoms with Gasteiger partial charge in [-0.25, -0.2) is 4.39 Å². The molecule has 3 nitrogen and oxygen atoms in total. The summed E-state index contributed by atoms with van der Waals surface area (Å²) in [6, 6.07) is 4.40. The first-order valence-corrected chi connectivity index (χ1v) is 7.50. The molecule has 0 bridgehead atoms. The molecule has 0 atom stereocenters. The maximum Gasteiger partial charge on any atom is 0.256 e. The molecule has 2 N–H and O–H groups in total. The Morgan fingerprint density at radius 1 is 1.19 bits per heavy atom. The number of nitrogens with zero attached hydrogens (tertiary/aromatic N) is 1. The van der Waals surface area contributed by atoms with Gasteiger partial charge in [0.05, 0.1) is 12.1 Å². The highest BCUT2D eigenvalue weighted by Gasteiger charge is 2.20. The molecule has 0 radical (unpaired) electrons. The molecule has 1 amide bonds. The molecule has 1 aromatic rings. The summed E-state index contributed by atoms with van der Waals surface area (Å²) in [6.45, 7) is 1.65. The predicted molar refractivity (Wildman–Crippen MR) is 81.3 cm³/mol. The number of benzene rings is 1. The lowest BCUT2D eigenvalue weighted by atomic mass is 10.1. The molecule has 21 heavy (non-hydrogen) atoms. The van der Waals surface area contributed by atoms with Crippen LogP contribution in [-0.2, 0) is 0 Å². The van der Waals surface area contributed by atoms with E-state index in [1.54, 1.807) is 11.0 Å². The summed E-state index contributed by atoms with van der Waals surface area (Å²) in [7, 11) is 0. The Bertz CT molecular complexity index is 552. The van der Waals surface area contributed by atoms with Gasteiger partial charge in [-0.1, -0.05) is 31.1 Å². The number of carbonyl (C=O) groups is 1. The van der Waals surface area contributed by atoms with Crippen molar-refractivity contribution in [3.8, 4) is 11.8 Å². The largest absolute Gasteiger partial charge is 0.339 e. The van der Waals surface area contributed by atoms with Gasteiger partial charge >= 0.3 is 0 Å². The van der Waals surface area contributed by atoms with Crippen LogP contribution in [0.2, 0.25) is 0 Å². The summed E-state index contributed by atoms with van der Waals surface area (Å²) in [5, 5.41) is 0. The van der Waals surface area contributed by atoms with E-state index in [4.69, 9.17) is 5.73 Å². The lowest BCUT2D eigenvalue weighted by molar-refractivity contribution is 0.0737. The third-order valence-corrected chi connectivity index (χ3v) is 3.67. The van der Waals surface area contributed by atoms with Gasteiger partial charge in [0.25, 0.3) is 5.91 Å². The van der Waals surface area contributed by atoms with E-state index >= 15 is 0 Å². The van der Waals surface area contributed by atoms with Crippen LogP contribution in [0.25, 0.3) is 0 Å². The van der Waals surface area contributed by atoms with Crippen LogP contribution in [0.4, 0.5) is 4.39 Å². The fourth-order valence-corrected chi connectivity index (χ4v) is 2.54. The van der Waals surface area contributed by atoms with Crippen molar-refractivity contribution >= 4 is 5.91 Å². The molecule has 0 spiro atoms. The number of likely N-dealkylation sites (tertiary alicyclic amines) is 1. The van der Waals surface area contributed by atoms with Gasteiger partial charge in [0.2, 0.25) is 0 Å². The Kier molecular flexibility index (Phi) is 5.77. The van der Waals surface area contributed by atoms with Crippen molar-refractivity contribution in [2.75, 3.05) is 19.6 Å². The third kappa shape index (κ3) is 4.30. The summed E-state index contributed by atoms with van der Waals surface area (Å²) in [6.07, 6.45) is 5.46. The molecule has 1 aliphatic rings. The van der Waals surface area contributed by atoms with E-state index in [1.165, 1.54) is 18.6 Å². The topological polar surface area (TPSA) is 46.3 Å². The number of halogens is 1. The zero-order valence-electron chi connectivity index (χ0n) is 12.2. The van der Waals surface area contributed by atoms with Gasteiger partial charge in [-0.05, 0) is 31.0 Å². The van der Waals surface area contributed by atoms with Crippen molar-refractivity contribution in [1.29, 1.82) is 0 Å². The third-order valence-electron chi connectivity index (χ3n) is 3.67. The molecule has 0 unspecified atom stereocenters. The molecule has 1 aromatic carbocycles. The molecule has 1 saturated heterocycles. The van der Waals surface area contributed by atoms with E-state index in [2.05, 4.69) is 11.8 Å². The SMILES string of the molecule is NCC#Cc1ccc(F)c(C(=O)N2CCCCCCC2)c1. The first-order valence-electron chi connectivity index (χ1n) is 7.50. The number of nitrogens with two attached hydrogens (primary N) is 1. The first kappa shape index (κ1) is 15.5. The number of amides is 1. The molecular formula is C17H21FN2O. The lowest BCUT2D eigenvalue weighted by Crippen LogP contribution is -2.34. The molecule has 0 aliphatic carbocycles. The quantitative estimate of drug-likeness (QED) is 0.807. The standard InChI is InChI=1S/C17H21FN2O/c18-16-9-8-14(7-6-10-19)13-15(16)17(21)20-11-4-2-1-3-5-12-20/h8-9,13H,1-5,10-12,19H2. The van der Waals surface area contributed by atoms with E-state index in [-0.39, 0.29) is 18.0 Å². The van der Waals surface area contributed by atoms with Gasteiger partial charge in [0, 0.05) is 18.7 Å². The number of rotatable bonds is 1. The smallest absolute Gasteiger partial charge is 0.256 e. The zero-order chi connectivity index (χ0) is 15.1. The second-order valence-corrected chi connectivity index (χ2v) is 5.26. The second-order valence-electron chi connectivity index (χ2n) is 5.26. The van der Waals surface area contributed by atoms with Gasteiger partial charge in [0.15, 0.2) is 0 Å². The second kappa shape index (κ2) is 7.80. The van der Waals surface area contributed by atoms with Crippen LogP contribution in [0.1, 0.15) is 48.0 Å². The highest BCUT2D eigenvalue weighted by Crippen LogP contribution is 2.16. The Morgan fingerprint density at radius 2 is 1.86 bits per heavy atom. The molecule has 0 saturated carbocycles. The molecule has 1 aliphatic heterocycles. The average molecular weight is 288 g/mol. The van der Waals surface area contributed by atoms with E-state index in [0.717, 1.165) is 25.7 Å². The lowest BCUT2D eigenvalue weighted by Gasteiger charge is -2.25. The van der Waals surface area contributed by atoms with E-state index < -0.39 is 5.82 Å². The molecule has 1 heterocycles. The first-order chi connectivity index (χ1) is 10.2. The van der Waals surface area contributed by atoms with E-state index in [9.17, 15) is 9.18 Å². The number of carbonyl (C=O) groups excluding carboxylic acids is 1. The van der Waals surface area contributed by atoms with Crippen molar-refractivity contribution in [3.05, 3.63) is 35.1 Å². The van der Waals surface area contributed by atoms with Gasteiger partial charge in [-0.2, -0.15) is 0 Å². The van der Waals surface area contributed by atoms with Crippen LogP contribution in [0.5, 0.6) is 0 Å². The normalized spacial score (nSPS) is 15.6. The summed E-state index contributed by atoms with van der Waals surface area (Å²) >= 11 is 0. The summed E-state index contributed by atoms with van der Waals surface area (Å²) in [4.78, 5) is 14.3. The Morgan fingerprint density at radius 3 is 2.52 bits per heavy atom. The fraction of sp³-hybridized carbons (Fsp3) is 0.471. The summed E-state index contributed by atoms with van der Waals surface area (Å²) in [5.41, 5.74) is 6.06. The zero-order valence-corrected chi connectivity index (χ0v) is 12.2. The van der Waals surface area contributed by atoms with Crippen LogP contribution in [0, 0.1) is 17.7 Å². The van der Waals surface area contributed by atoms with Gasteiger partial charge in [0.1, 0.15) is 5.82 Å². The number of hydrogen-bond acceptors (Lipinski definition) is 2. The maximum atomic E-state index is 14.0. The maximum absolute atomic E-state index is 14.0. The van der Waals surface area contributed by atoms with Crippen molar-refractivity contribution in [3.63, 3.8) is 0 Å². The van der Waals surface area contributed by atoms with Crippen molar-refractivity contribution in [1.82, 2.24) is 4.90 Å². The average Bonchev–Trinajstić information content (AvgIpc) is 2.45. The minimum atomic E-state index is -0.486. The Balaban J connectivity index is 2.20. The minimum absolute atomic E-state index is 0.111. The molecule has 0 aromatic heterocycles. The van der Waals surface area contributed by atoms with Crippen molar-refractivity contribution in [2.45, 2.75) is 32.1 Å². The highest BCUT2D eigenvalue weighted by atomic mass is 19.1. The molecule has 1 fully saturated rings. The summed E-state index contributed by atoms with van der Waals surface area (Å²) in [5.74, 6) is 4.84. The fourth-order valence-electron chi connectivity index (χ4n) is 2.54. The van der Waals surface area contributed by atoms with E-state index in [1.807, 2.05) is 0 Å². The van der Waals surface area contributed by atoms with Gasteiger partial charge in [-0.15, -0.1) is 0 Å². The minimum Gasteiger partial charge on any atom is -0.339 e. The predicted octanol–water partition coefficient (Wildman–Crippen LogP) is 2.54. The molecule has 4 heteroatoms. The highest BCUT2D eigenvalue weighted by molar-refractivity contribution is 5.94. The van der Waals surface area contributed by atoms with Crippen molar-refractivity contribution < 1.29 is 9.18 Å². The van der Waals surface area contributed by atoms with Crippen molar-refractivity contribution in [2.24, 2.45) is 5.73 Å². The van der Waals surface area contributed by atoms with E-state index in [0.29, 0.717) is 18.7 Å². The monoisotopic (exact) mass is 288 g/mol. The molecular weight excluding hydrogens is 267 g/mol. The number of hydrogen-bond donors (Lipinski definition) is 1. The van der Waals surface area contributed by atoms with Crippen LogP contribution in [0.3, 0.4) is 0 Å². The van der Waals surface area contributed by atoms with Crippen LogP contribution >= 0.6 is 0 Å². The van der Waals surface area contributed by atoms with Gasteiger partial charge < -0.3 is 10.6 Å². The van der Waals surface area contributed by atoms with Crippen LogP contribution in [-0.4, -0.2) is 30.4 Å². The van der Waals surface area contributed by atoms with Crippen LogP contribution in [0.15, 0.2) is 18.2 Å². The van der Waals surface area contributed by atoms with Crippen LogP contribution < -0.4 is 5.73 Å². The summed E-state index contributed by atoms with van der Waals surface area (Å²) < 4.78 is 14.0. The molecule has 112 valence electrons. The Hall–Kier alpha value is -1.86. The molecule has 2 rings (SSSR count). The van der Waals surface area contributed by atoms with Gasteiger partial charge in [-0.3, -0.25) is 4.79 Å². The Labute approximate surface area is 125 Å².